The largest absolute Gasteiger partial charge is 0.341 e. The lowest BCUT2D eigenvalue weighted by atomic mass is 10.1. The smallest absolute Gasteiger partial charge is 0.229 e. The highest BCUT2D eigenvalue weighted by Crippen LogP contribution is 2.19. The lowest BCUT2D eigenvalue weighted by Crippen LogP contribution is -2.32. The van der Waals surface area contributed by atoms with E-state index in [1.807, 2.05) is 43.5 Å². The first kappa shape index (κ1) is 13.1. The van der Waals surface area contributed by atoms with Crippen molar-refractivity contribution in [2.24, 2.45) is 11.7 Å². The Bertz CT molecular complexity index is 455. The average molecular weight is 265 g/mol. The highest BCUT2D eigenvalue weighted by Gasteiger charge is 2.25. The summed E-state index contributed by atoms with van der Waals surface area (Å²) in [6.07, 6.45) is 4.52. The first-order valence-electron chi connectivity index (χ1n) is 5.99. The third kappa shape index (κ3) is 3.12. The SMILES string of the molecule is CN(Cc1ccc(Cl)cc1)C(=O)C1C=CC(N)C1. The van der Waals surface area contributed by atoms with Crippen molar-refractivity contribution < 1.29 is 4.79 Å². The molecule has 3 nitrogen and oxygen atoms in total. The van der Waals surface area contributed by atoms with Crippen molar-refractivity contribution in [3.63, 3.8) is 0 Å². The first-order chi connectivity index (χ1) is 8.56. The fourth-order valence-electron chi connectivity index (χ4n) is 2.13. The third-order valence-electron chi connectivity index (χ3n) is 3.14. The van der Waals surface area contributed by atoms with Gasteiger partial charge in [0.05, 0.1) is 5.92 Å². The van der Waals surface area contributed by atoms with E-state index in [1.54, 1.807) is 4.90 Å². The molecule has 4 heteroatoms. The fourth-order valence-corrected chi connectivity index (χ4v) is 2.26. The van der Waals surface area contributed by atoms with Gasteiger partial charge in [-0.1, -0.05) is 35.9 Å². The second-order valence-corrected chi connectivity index (χ2v) is 5.15. The van der Waals surface area contributed by atoms with Crippen LogP contribution in [-0.4, -0.2) is 23.9 Å². The van der Waals surface area contributed by atoms with Crippen molar-refractivity contribution in [2.75, 3.05) is 7.05 Å². The molecular formula is C14H17ClN2O. The molecule has 0 heterocycles. The summed E-state index contributed by atoms with van der Waals surface area (Å²) in [5.41, 5.74) is 6.83. The first-order valence-corrected chi connectivity index (χ1v) is 6.37. The van der Waals surface area contributed by atoms with E-state index in [0.717, 1.165) is 5.56 Å². The van der Waals surface area contributed by atoms with Crippen LogP contribution in [-0.2, 0) is 11.3 Å². The predicted molar refractivity (Wildman–Crippen MR) is 73.1 cm³/mol. The van der Waals surface area contributed by atoms with Crippen molar-refractivity contribution in [2.45, 2.75) is 19.0 Å². The summed E-state index contributed by atoms with van der Waals surface area (Å²) < 4.78 is 0. The third-order valence-corrected chi connectivity index (χ3v) is 3.40. The average Bonchev–Trinajstić information content (AvgIpc) is 2.78. The maximum atomic E-state index is 12.2. The van der Waals surface area contributed by atoms with Crippen molar-refractivity contribution in [1.82, 2.24) is 4.90 Å². The van der Waals surface area contributed by atoms with Crippen molar-refractivity contribution in [3.8, 4) is 0 Å². The second kappa shape index (κ2) is 5.55. The molecule has 1 aliphatic carbocycles. The maximum Gasteiger partial charge on any atom is 0.229 e. The Morgan fingerprint density at radius 2 is 2.06 bits per heavy atom. The number of nitrogens with two attached hydrogens (primary N) is 1. The number of amides is 1. The van der Waals surface area contributed by atoms with Gasteiger partial charge in [-0.3, -0.25) is 4.79 Å². The molecule has 0 fully saturated rings. The standard InChI is InChI=1S/C14H17ClN2O/c1-17(9-10-2-5-12(15)6-3-10)14(18)11-4-7-13(16)8-11/h2-7,11,13H,8-9,16H2,1H3. The Morgan fingerprint density at radius 3 is 2.61 bits per heavy atom. The summed E-state index contributed by atoms with van der Waals surface area (Å²) in [4.78, 5) is 13.9. The number of rotatable bonds is 3. The molecule has 1 amide bonds. The lowest BCUT2D eigenvalue weighted by molar-refractivity contribution is -0.133. The zero-order chi connectivity index (χ0) is 13.1. The minimum Gasteiger partial charge on any atom is -0.341 e. The molecule has 0 spiro atoms. The van der Waals surface area contributed by atoms with E-state index in [1.165, 1.54) is 0 Å². The zero-order valence-corrected chi connectivity index (χ0v) is 11.1. The number of carbonyl (C=O) groups excluding carboxylic acids is 1. The highest BCUT2D eigenvalue weighted by molar-refractivity contribution is 6.30. The quantitative estimate of drug-likeness (QED) is 0.851. The number of nitrogens with zero attached hydrogens (tertiary/aromatic N) is 1. The number of carbonyl (C=O) groups is 1. The van der Waals surface area contributed by atoms with Crippen LogP contribution >= 0.6 is 11.6 Å². The predicted octanol–water partition coefficient (Wildman–Crippen LogP) is 2.20. The van der Waals surface area contributed by atoms with E-state index in [4.69, 9.17) is 17.3 Å². The zero-order valence-electron chi connectivity index (χ0n) is 10.3. The van der Waals surface area contributed by atoms with Gasteiger partial charge in [0.15, 0.2) is 0 Å². The van der Waals surface area contributed by atoms with Crippen LogP contribution < -0.4 is 5.73 Å². The number of hydrogen-bond acceptors (Lipinski definition) is 2. The molecule has 2 unspecified atom stereocenters. The summed E-state index contributed by atoms with van der Waals surface area (Å²) in [7, 11) is 1.81. The van der Waals surface area contributed by atoms with Crippen LogP contribution in [0.2, 0.25) is 5.02 Å². The molecule has 0 saturated heterocycles. The minimum absolute atomic E-state index is 0.0166. The minimum atomic E-state index is -0.0719. The van der Waals surface area contributed by atoms with Crippen molar-refractivity contribution in [3.05, 3.63) is 47.0 Å². The van der Waals surface area contributed by atoms with Crippen LogP contribution in [0.25, 0.3) is 0 Å². The molecule has 96 valence electrons. The maximum absolute atomic E-state index is 12.2. The Labute approximate surface area is 112 Å². The topological polar surface area (TPSA) is 46.3 Å². The lowest BCUT2D eigenvalue weighted by Gasteiger charge is -2.20. The molecule has 1 aromatic rings. The van der Waals surface area contributed by atoms with Gasteiger partial charge in [-0.25, -0.2) is 0 Å². The van der Waals surface area contributed by atoms with Crippen LogP contribution in [0.1, 0.15) is 12.0 Å². The molecule has 0 aromatic heterocycles. The molecule has 0 radical (unpaired) electrons. The van der Waals surface area contributed by atoms with Crippen LogP contribution in [0, 0.1) is 5.92 Å². The number of benzene rings is 1. The molecule has 18 heavy (non-hydrogen) atoms. The van der Waals surface area contributed by atoms with E-state index in [-0.39, 0.29) is 17.9 Å². The molecule has 2 atom stereocenters. The highest BCUT2D eigenvalue weighted by atomic mass is 35.5. The molecule has 2 N–H and O–H groups in total. The van der Waals surface area contributed by atoms with Gasteiger partial charge in [-0.15, -0.1) is 0 Å². The molecule has 0 bridgehead atoms. The summed E-state index contributed by atoms with van der Waals surface area (Å²) in [6, 6.07) is 7.55. The summed E-state index contributed by atoms with van der Waals surface area (Å²) in [5.74, 6) is 0.0476. The normalized spacial score (nSPS) is 22.2. The van der Waals surface area contributed by atoms with Gasteiger partial charge in [0.25, 0.3) is 0 Å². The molecule has 1 aromatic carbocycles. The molecule has 0 aliphatic heterocycles. The molecule has 0 saturated carbocycles. The Hall–Kier alpha value is -1.32. The Morgan fingerprint density at radius 1 is 1.39 bits per heavy atom. The van der Waals surface area contributed by atoms with Crippen molar-refractivity contribution >= 4 is 17.5 Å². The van der Waals surface area contributed by atoms with Crippen LogP contribution in [0.5, 0.6) is 0 Å². The second-order valence-electron chi connectivity index (χ2n) is 4.71. The fraction of sp³-hybridized carbons (Fsp3) is 0.357. The van der Waals surface area contributed by atoms with E-state index in [0.29, 0.717) is 18.0 Å². The van der Waals surface area contributed by atoms with Gasteiger partial charge in [0.2, 0.25) is 5.91 Å². The Balaban J connectivity index is 1.95. The van der Waals surface area contributed by atoms with Gasteiger partial charge in [-0.05, 0) is 24.1 Å². The van der Waals surface area contributed by atoms with Gasteiger partial charge < -0.3 is 10.6 Å². The summed E-state index contributed by atoms with van der Waals surface area (Å²) in [5, 5.41) is 0.706. The number of halogens is 1. The number of hydrogen-bond donors (Lipinski definition) is 1. The van der Waals surface area contributed by atoms with Crippen molar-refractivity contribution in [1.29, 1.82) is 0 Å². The monoisotopic (exact) mass is 264 g/mol. The van der Waals surface area contributed by atoms with E-state index in [9.17, 15) is 4.79 Å². The van der Waals surface area contributed by atoms with Gasteiger partial charge in [0, 0.05) is 24.7 Å². The van der Waals surface area contributed by atoms with Crippen LogP contribution in [0.4, 0.5) is 0 Å². The van der Waals surface area contributed by atoms with Gasteiger partial charge >= 0.3 is 0 Å². The summed E-state index contributed by atoms with van der Waals surface area (Å²) >= 11 is 5.83. The van der Waals surface area contributed by atoms with Gasteiger partial charge in [0.1, 0.15) is 0 Å². The molecular weight excluding hydrogens is 248 g/mol. The summed E-state index contributed by atoms with van der Waals surface area (Å²) in [6.45, 7) is 0.593. The van der Waals surface area contributed by atoms with E-state index < -0.39 is 0 Å². The van der Waals surface area contributed by atoms with E-state index >= 15 is 0 Å². The molecule has 2 rings (SSSR count). The molecule has 1 aliphatic rings. The van der Waals surface area contributed by atoms with Gasteiger partial charge in [-0.2, -0.15) is 0 Å². The van der Waals surface area contributed by atoms with Crippen LogP contribution in [0.3, 0.4) is 0 Å². The Kier molecular flexibility index (Phi) is 4.04. The van der Waals surface area contributed by atoms with E-state index in [2.05, 4.69) is 0 Å². The van der Waals surface area contributed by atoms with Crippen LogP contribution in [0.15, 0.2) is 36.4 Å².